The maximum Gasteiger partial charge on any atom is 0.130 e. The maximum absolute atomic E-state index is 5.83. The van der Waals surface area contributed by atoms with Gasteiger partial charge in [-0.05, 0) is 24.3 Å². The third kappa shape index (κ3) is 2.23. The van der Waals surface area contributed by atoms with Crippen LogP contribution >= 0.6 is 0 Å². The molecule has 3 nitrogen and oxygen atoms in total. The van der Waals surface area contributed by atoms with Gasteiger partial charge in [-0.1, -0.05) is 18.2 Å². The van der Waals surface area contributed by atoms with Crippen LogP contribution in [0.15, 0.2) is 42.5 Å². The highest BCUT2D eigenvalue weighted by atomic mass is 16.5. The Morgan fingerprint density at radius 3 is 2.65 bits per heavy atom. The number of hydrogen-bond acceptors (Lipinski definition) is 3. The highest BCUT2D eigenvalue weighted by Crippen LogP contribution is 2.35. The first-order valence-corrected chi connectivity index (χ1v) is 6.46. The molecule has 1 aliphatic heterocycles. The fourth-order valence-electron chi connectivity index (χ4n) is 2.34. The molecule has 3 heteroatoms. The molecule has 0 aliphatic carbocycles. The number of para-hydroxylation sites is 1. The van der Waals surface area contributed by atoms with Gasteiger partial charge in [0.1, 0.15) is 23.9 Å². The number of fused-ring (bicyclic) bond motifs is 1. The summed E-state index contributed by atoms with van der Waals surface area (Å²) < 4.78 is 16.4. The van der Waals surface area contributed by atoms with Gasteiger partial charge in [-0.25, -0.2) is 0 Å². The normalized spacial score (nSPS) is 13.0. The summed E-state index contributed by atoms with van der Waals surface area (Å²) in [6.45, 7) is 0.528. The molecule has 0 fully saturated rings. The van der Waals surface area contributed by atoms with Crippen LogP contribution in [0, 0.1) is 0 Å². The quantitative estimate of drug-likeness (QED) is 0.850. The molecule has 102 valence electrons. The molecule has 1 heterocycles. The molecule has 0 saturated carbocycles. The molecule has 3 rings (SSSR count). The minimum atomic E-state index is 0.528. The van der Waals surface area contributed by atoms with E-state index in [0.717, 1.165) is 33.9 Å². The minimum absolute atomic E-state index is 0.528. The predicted octanol–water partition coefficient (Wildman–Crippen LogP) is 3.64. The lowest BCUT2D eigenvalue weighted by Crippen LogP contribution is -2.07. The number of ether oxygens (including phenoxy) is 3. The predicted molar refractivity (Wildman–Crippen MR) is 79.4 cm³/mol. The van der Waals surface area contributed by atoms with Crippen LogP contribution in [0.5, 0.6) is 17.2 Å². The van der Waals surface area contributed by atoms with Crippen molar-refractivity contribution < 1.29 is 14.2 Å². The lowest BCUT2D eigenvalue weighted by molar-refractivity contribution is 0.357. The molecule has 2 aromatic rings. The SMILES string of the molecule is COc1ccc2c(c1)OCC(c1ccccc1OC)=C2. The topological polar surface area (TPSA) is 27.7 Å². The van der Waals surface area contributed by atoms with E-state index in [0.29, 0.717) is 6.61 Å². The Morgan fingerprint density at radius 2 is 1.85 bits per heavy atom. The van der Waals surface area contributed by atoms with E-state index in [1.54, 1.807) is 14.2 Å². The molecule has 0 bridgehead atoms. The largest absolute Gasteiger partial charge is 0.497 e. The van der Waals surface area contributed by atoms with Crippen molar-refractivity contribution in [3.05, 3.63) is 53.6 Å². The Balaban J connectivity index is 2.02. The second-order valence-corrected chi connectivity index (χ2v) is 4.56. The zero-order chi connectivity index (χ0) is 13.9. The van der Waals surface area contributed by atoms with Gasteiger partial charge in [0.05, 0.1) is 14.2 Å². The molecule has 0 amide bonds. The summed E-state index contributed by atoms with van der Waals surface area (Å²) in [5.74, 6) is 2.51. The monoisotopic (exact) mass is 268 g/mol. The highest BCUT2D eigenvalue weighted by molar-refractivity contribution is 5.87. The zero-order valence-corrected chi connectivity index (χ0v) is 11.6. The van der Waals surface area contributed by atoms with Gasteiger partial charge in [0, 0.05) is 22.8 Å². The number of methoxy groups -OCH3 is 2. The average molecular weight is 268 g/mol. The van der Waals surface area contributed by atoms with Crippen molar-refractivity contribution in [3.8, 4) is 17.2 Å². The smallest absolute Gasteiger partial charge is 0.130 e. The van der Waals surface area contributed by atoms with Gasteiger partial charge in [-0.2, -0.15) is 0 Å². The van der Waals surface area contributed by atoms with Crippen molar-refractivity contribution >= 4 is 11.6 Å². The summed E-state index contributed by atoms with van der Waals surface area (Å²) in [5.41, 5.74) is 3.23. The van der Waals surface area contributed by atoms with E-state index in [4.69, 9.17) is 14.2 Å². The van der Waals surface area contributed by atoms with Gasteiger partial charge in [0.15, 0.2) is 0 Å². The molecule has 0 saturated heterocycles. The molecule has 0 N–H and O–H groups in total. The Labute approximate surface area is 118 Å². The molecule has 2 aromatic carbocycles. The highest BCUT2D eigenvalue weighted by Gasteiger charge is 2.16. The fraction of sp³-hybridized carbons (Fsp3) is 0.176. The van der Waals surface area contributed by atoms with E-state index in [2.05, 4.69) is 6.08 Å². The van der Waals surface area contributed by atoms with E-state index in [1.807, 2.05) is 42.5 Å². The summed E-state index contributed by atoms with van der Waals surface area (Å²) in [6.07, 6.45) is 2.14. The van der Waals surface area contributed by atoms with Crippen LogP contribution < -0.4 is 14.2 Å². The summed E-state index contributed by atoms with van der Waals surface area (Å²) >= 11 is 0. The third-order valence-electron chi connectivity index (χ3n) is 3.39. The van der Waals surface area contributed by atoms with Crippen molar-refractivity contribution in [2.75, 3.05) is 20.8 Å². The van der Waals surface area contributed by atoms with Crippen LogP contribution in [-0.4, -0.2) is 20.8 Å². The number of hydrogen-bond donors (Lipinski definition) is 0. The van der Waals surface area contributed by atoms with Gasteiger partial charge in [0.2, 0.25) is 0 Å². The molecular weight excluding hydrogens is 252 g/mol. The summed E-state index contributed by atoms with van der Waals surface area (Å²) in [5, 5.41) is 0. The molecular formula is C17H16O3. The molecule has 0 spiro atoms. The van der Waals surface area contributed by atoms with Crippen LogP contribution in [0.3, 0.4) is 0 Å². The van der Waals surface area contributed by atoms with Crippen LogP contribution in [0.4, 0.5) is 0 Å². The van der Waals surface area contributed by atoms with Crippen molar-refractivity contribution in [2.45, 2.75) is 0 Å². The van der Waals surface area contributed by atoms with Gasteiger partial charge in [-0.15, -0.1) is 0 Å². The molecule has 20 heavy (non-hydrogen) atoms. The van der Waals surface area contributed by atoms with Crippen LogP contribution in [0.1, 0.15) is 11.1 Å². The Bertz CT molecular complexity index is 659. The van der Waals surface area contributed by atoms with Crippen molar-refractivity contribution in [3.63, 3.8) is 0 Å². The third-order valence-corrected chi connectivity index (χ3v) is 3.39. The lowest BCUT2D eigenvalue weighted by atomic mass is 10.00. The van der Waals surface area contributed by atoms with E-state index in [1.165, 1.54) is 0 Å². The average Bonchev–Trinajstić information content (AvgIpc) is 2.53. The molecule has 0 aromatic heterocycles. The second kappa shape index (κ2) is 5.29. The van der Waals surface area contributed by atoms with E-state index in [-0.39, 0.29) is 0 Å². The van der Waals surface area contributed by atoms with Gasteiger partial charge < -0.3 is 14.2 Å². The van der Waals surface area contributed by atoms with Gasteiger partial charge in [-0.3, -0.25) is 0 Å². The first-order chi connectivity index (χ1) is 9.81. The van der Waals surface area contributed by atoms with Crippen molar-refractivity contribution in [1.29, 1.82) is 0 Å². The summed E-state index contributed by atoms with van der Waals surface area (Å²) in [4.78, 5) is 0. The standard InChI is InChI=1S/C17H16O3/c1-18-14-8-7-12-9-13(11-20-17(12)10-14)15-5-3-4-6-16(15)19-2/h3-10H,11H2,1-2H3. The van der Waals surface area contributed by atoms with Crippen LogP contribution in [-0.2, 0) is 0 Å². The maximum atomic E-state index is 5.83. The van der Waals surface area contributed by atoms with Gasteiger partial charge >= 0.3 is 0 Å². The molecule has 0 atom stereocenters. The zero-order valence-electron chi connectivity index (χ0n) is 11.6. The van der Waals surface area contributed by atoms with Crippen LogP contribution in [0.25, 0.3) is 11.6 Å². The number of rotatable bonds is 3. The lowest BCUT2D eigenvalue weighted by Gasteiger charge is -2.20. The van der Waals surface area contributed by atoms with Gasteiger partial charge in [0.25, 0.3) is 0 Å². The number of benzene rings is 2. The van der Waals surface area contributed by atoms with E-state index < -0.39 is 0 Å². The van der Waals surface area contributed by atoms with Crippen LogP contribution in [0.2, 0.25) is 0 Å². The second-order valence-electron chi connectivity index (χ2n) is 4.56. The Hall–Kier alpha value is -2.42. The summed E-state index contributed by atoms with van der Waals surface area (Å²) in [7, 11) is 3.34. The fourth-order valence-corrected chi connectivity index (χ4v) is 2.34. The van der Waals surface area contributed by atoms with E-state index >= 15 is 0 Å². The molecule has 0 radical (unpaired) electrons. The molecule has 0 unspecified atom stereocenters. The summed E-state index contributed by atoms with van der Waals surface area (Å²) in [6, 6.07) is 13.8. The Kier molecular flexibility index (Phi) is 3.33. The van der Waals surface area contributed by atoms with Crippen molar-refractivity contribution in [1.82, 2.24) is 0 Å². The Morgan fingerprint density at radius 1 is 1.00 bits per heavy atom. The first kappa shape index (κ1) is 12.6. The van der Waals surface area contributed by atoms with Crippen molar-refractivity contribution in [2.24, 2.45) is 0 Å². The first-order valence-electron chi connectivity index (χ1n) is 6.46. The van der Waals surface area contributed by atoms with E-state index in [9.17, 15) is 0 Å². The minimum Gasteiger partial charge on any atom is -0.497 e. The molecule has 1 aliphatic rings.